The predicted molar refractivity (Wildman–Crippen MR) is 43.7 cm³/mol. The molecular formula is C8H17NO. The Balaban J connectivity index is 3.80. The van der Waals surface area contributed by atoms with Gasteiger partial charge in [-0.2, -0.15) is 0 Å². The molecule has 10 heavy (non-hydrogen) atoms. The van der Waals surface area contributed by atoms with Gasteiger partial charge in [0.2, 0.25) is 0 Å². The molecule has 0 fully saturated rings. The van der Waals surface area contributed by atoms with Gasteiger partial charge in [-0.3, -0.25) is 0 Å². The van der Waals surface area contributed by atoms with Crippen molar-refractivity contribution in [3.63, 3.8) is 0 Å². The lowest BCUT2D eigenvalue weighted by Crippen LogP contribution is -2.36. The zero-order chi connectivity index (χ0) is 8.04. The second kappa shape index (κ2) is 4.47. The standard InChI is InChI=1S/C8H17NO/c1-3-5-8(10,7-9)6-4-2/h3,10H,1,4-7,9H2,2H3. The van der Waals surface area contributed by atoms with Crippen molar-refractivity contribution < 1.29 is 5.11 Å². The minimum atomic E-state index is -0.698. The van der Waals surface area contributed by atoms with Gasteiger partial charge in [0, 0.05) is 6.54 Å². The summed E-state index contributed by atoms with van der Waals surface area (Å²) >= 11 is 0. The van der Waals surface area contributed by atoms with Gasteiger partial charge in [0.15, 0.2) is 0 Å². The van der Waals surface area contributed by atoms with Gasteiger partial charge < -0.3 is 10.8 Å². The molecular weight excluding hydrogens is 126 g/mol. The molecule has 0 bridgehead atoms. The Morgan fingerprint density at radius 1 is 1.70 bits per heavy atom. The van der Waals surface area contributed by atoms with Gasteiger partial charge >= 0.3 is 0 Å². The van der Waals surface area contributed by atoms with Crippen LogP contribution < -0.4 is 5.73 Å². The molecule has 0 heterocycles. The molecule has 2 nitrogen and oxygen atoms in total. The van der Waals surface area contributed by atoms with E-state index >= 15 is 0 Å². The van der Waals surface area contributed by atoms with E-state index in [9.17, 15) is 5.11 Å². The van der Waals surface area contributed by atoms with Gasteiger partial charge in [-0.25, -0.2) is 0 Å². The zero-order valence-electron chi connectivity index (χ0n) is 6.64. The van der Waals surface area contributed by atoms with Crippen LogP contribution >= 0.6 is 0 Å². The summed E-state index contributed by atoms with van der Waals surface area (Å²) in [6, 6.07) is 0. The van der Waals surface area contributed by atoms with Gasteiger partial charge in [-0.1, -0.05) is 19.4 Å². The second-order valence-electron chi connectivity index (χ2n) is 2.67. The van der Waals surface area contributed by atoms with E-state index < -0.39 is 5.60 Å². The Morgan fingerprint density at radius 3 is 2.60 bits per heavy atom. The van der Waals surface area contributed by atoms with Gasteiger partial charge in [0.05, 0.1) is 5.60 Å². The van der Waals surface area contributed by atoms with E-state index in [0.29, 0.717) is 13.0 Å². The topological polar surface area (TPSA) is 46.2 Å². The zero-order valence-corrected chi connectivity index (χ0v) is 6.64. The van der Waals surface area contributed by atoms with Crippen LogP contribution in [0.3, 0.4) is 0 Å². The van der Waals surface area contributed by atoms with Crippen molar-refractivity contribution in [3.05, 3.63) is 12.7 Å². The van der Waals surface area contributed by atoms with Crippen LogP contribution in [-0.4, -0.2) is 17.3 Å². The van der Waals surface area contributed by atoms with Crippen molar-refractivity contribution in [1.29, 1.82) is 0 Å². The lowest BCUT2D eigenvalue weighted by Gasteiger charge is -2.23. The third-order valence-electron chi connectivity index (χ3n) is 1.62. The normalized spacial score (nSPS) is 16.3. The van der Waals surface area contributed by atoms with Crippen molar-refractivity contribution in [2.24, 2.45) is 5.73 Å². The van der Waals surface area contributed by atoms with E-state index in [1.54, 1.807) is 6.08 Å². The summed E-state index contributed by atoms with van der Waals surface area (Å²) in [5, 5.41) is 9.62. The quantitative estimate of drug-likeness (QED) is 0.565. The van der Waals surface area contributed by atoms with E-state index in [1.807, 2.05) is 6.92 Å². The van der Waals surface area contributed by atoms with Gasteiger partial charge in [-0.05, 0) is 12.8 Å². The highest BCUT2D eigenvalue weighted by atomic mass is 16.3. The molecule has 3 N–H and O–H groups in total. The second-order valence-corrected chi connectivity index (χ2v) is 2.67. The molecule has 1 unspecified atom stereocenters. The molecule has 0 radical (unpaired) electrons. The van der Waals surface area contributed by atoms with E-state index in [1.165, 1.54) is 0 Å². The number of hydrogen-bond donors (Lipinski definition) is 2. The third kappa shape index (κ3) is 2.99. The molecule has 0 spiro atoms. The van der Waals surface area contributed by atoms with Crippen LogP contribution in [0.15, 0.2) is 12.7 Å². The van der Waals surface area contributed by atoms with Crippen molar-refractivity contribution in [1.82, 2.24) is 0 Å². The first-order chi connectivity index (χ1) is 4.68. The average molecular weight is 143 g/mol. The maximum absolute atomic E-state index is 9.62. The minimum absolute atomic E-state index is 0.326. The number of nitrogens with two attached hydrogens (primary N) is 1. The first-order valence-corrected chi connectivity index (χ1v) is 3.72. The van der Waals surface area contributed by atoms with E-state index in [0.717, 1.165) is 12.8 Å². The fourth-order valence-electron chi connectivity index (χ4n) is 1.02. The highest BCUT2D eigenvalue weighted by molar-refractivity contribution is 4.86. The smallest absolute Gasteiger partial charge is 0.0803 e. The molecule has 2 heteroatoms. The van der Waals surface area contributed by atoms with Crippen LogP contribution in [0.25, 0.3) is 0 Å². The van der Waals surface area contributed by atoms with Crippen LogP contribution in [0.1, 0.15) is 26.2 Å². The largest absolute Gasteiger partial charge is 0.388 e. The Morgan fingerprint density at radius 2 is 2.30 bits per heavy atom. The maximum Gasteiger partial charge on any atom is 0.0803 e. The van der Waals surface area contributed by atoms with Crippen molar-refractivity contribution in [3.8, 4) is 0 Å². The van der Waals surface area contributed by atoms with E-state index in [2.05, 4.69) is 6.58 Å². The molecule has 0 amide bonds. The van der Waals surface area contributed by atoms with Crippen molar-refractivity contribution in [2.45, 2.75) is 31.8 Å². The van der Waals surface area contributed by atoms with Gasteiger partial charge in [-0.15, -0.1) is 6.58 Å². The fraction of sp³-hybridized carbons (Fsp3) is 0.750. The molecule has 1 atom stereocenters. The van der Waals surface area contributed by atoms with Crippen molar-refractivity contribution in [2.75, 3.05) is 6.54 Å². The Labute approximate surface area is 62.7 Å². The first kappa shape index (κ1) is 9.66. The summed E-state index contributed by atoms with van der Waals surface area (Å²) < 4.78 is 0. The number of hydrogen-bond acceptors (Lipinski definition) is 2. The average Bonchev–Trinajstić information content (AvgIpc) is 1.89. The number of rotatable bonds is 5. The highest BCUT2D eigenvalue weighted by Crippen LogP contribution is 2.15. The molecule has 0 aromatic heterocycles. The van der Waals surface area contributed by atoms with Crippen LogP contribution in [0.2, 0.25) is 0 Å². The lowest BCUT2D eigenvalue weighted by atomic mass is 9.94. The van der Waals surface area contributed by atoms with E-state index in [4.69, 9.17) is 5.73 Å². The minimum Gasteiger partial charge on any atom is -0.388 e. The molecule has 0 aromatic carbocycles. The SMILES string of the molecule is C=CCC(O)(CN)CCC. The monoisotopic (exact) mass is 143 g/mol. The van der Waals surface area contributed by atoms with Crippen LogP contribution in [0, 0.1) is 0 Å². The van der Waals surface area contributed by atoms with E-state index in [-0.39, 0.29) is 0 Å². The summed E-state index contributed by atoms with van der Waals surface area (Å²) in [5.41, 5.74) is 4.68. The van der Waals surface area contributed by atoms with Crippen molar-refractivity contribution >= 4 is 0 Å². The summed E-state index contributed by atoms with van der Waals surface area (Å²) in [6.07, 6.45) is 4.02. The highest BCUT2D eigenvalue weighted by Gasteiger charge is 2.21. The fourth-order valence-corrected chi connectivity index (χ4v) is 1.02. The summed E-state index contributed by atoms with van der Waals surface area (Å²) in [5.74, 6) is 0. The summed E-state index contributed by atoms with van der Waals surface area (Å²) in [6.45, 7) is 5.92. The third-order valence-corrected chi connectivity index (χ3v) is 1.62. The molecule has 0 rings (SSSR count). The molecule has 0 aliphatic carbocycles. The molecule has 0 aliphatic heterocycles. The van der Waals surface area contributed by atoms with Gasteiger partial charge in [0.1, 0.15) is 0 Å². The number of aliphatic hydroxyl groups is 1. The van der Waals surface area contributed by atoms with Crippen LogP contribution in [-0.2, 0) is 0 Å². The van der Waals surface area contributed by atoms with Crippen LogP contribution in [0.5, 0.6) is 0 Å². The molecule has 0 aromatic rings. The maximum atomic E-state index is 9.62. The molecule has 0 saturated carbocycles. The predicted octanol–water partition coefficient (Wildman–Crippen LogP) is 1.05. The lowest BCUT2D eigenvalue weighted by molar-refractivity contribution is 0.0426. The molecule has 0 aliphatic rings. The van der Waals surface area contributed by atoms with Gasteiger partial charge in [0.25, 0.3) is 0 Å². The summed E-state index contributed by atoms with van der Waals surface area (Å²) in [7, 11) is 0. The Kier molecular flexibility index (Phi) is 4.32. The Bertz CT molecular complexity index is 103. The van der Waals surface area contributed by atoms with Crippen LogP contribution in [0.4, 0.5) is 0 Å². The first-order valence-electron chi connectivity index (χ1n) is 3.72. The molecule has 60 valence electrons. The Hall–Kier alpha value is -0.340. The molecule has 0 saturated heterocycles. The summed E-state index contributed by atoms with van der Waals surface area (Å²) in [4.78, 5) is 0.